The van der Waals surface area contributed by atoms with Gasteiger partial charge in [0.2, 0.25) is 0 Å². The highest BCUT2D eigenvalue weighted by Gasteiger charge is 2.48. The van der Waals surface area contributed by atoms with Crippen LogP contribution in [-0.4, -0.2) is 18.6 Å². The van der Waals surface area contributed by atoms with Crippen molar-refractivity contribution in [2.75, 3.05) is 6.54 Å². The molecule has 3 aliphatic rings. The van der Waals surface area contributed by atoms with Crippen LogP contribution in [0.1, 0.15) is 39.0 Å². The number of rotatable bonds is 2. The maximum absolute atomic E-state index is 11.6. The van der Waals surface area contributed by atoms with Crippen LogP contribution in [0.4, 0.5) is 4.79 Å². The van der Waals surface area contributed by atoms with Gasteiger partial charge in [-0.05, 0) is 62.7 Å². The molecule has 3 aliphatic carbocycles. The summed E-state index contributed by atoms with van der Waals surface area (Å²) in [5, 5.41) is 6.03. The van der Waals surface area contributed by atoms with Crippen molar-refractivity contribution >= 4 is 6.03 Å². The Labute approximate surface area is 97.4 Å². The van der Waals surface area contributed by atoms with Crippen LogP contribution in [-0.2, 0) is 0 Å². The Morgan fingerprint density at radius 3 is 2.50 bits per heavy atom. The zero-order valence-corrected chi connectivity index (χ0v) is 10.0. The molecule has 0 unspecified atom stereocenters. The molecule has 0 aromatic rings. The fourth-order valence-corrected chi connectivity index (χ4v) is 4.42. The van der Waals surface area contributed by atoms with Gasteiger partial charge in [-0.2, -0.15) is 0 Å². The van der Waals surface area contributed by atoms with Crippen molar-refractivity contribution in [3.63, 3.8) is 0 Å². The smallest absolute Gasteiger partial charge is 0.315 e. The van der Waals surface area contributed by atoms with Crippen molar-refractivity contribution in [2.24, 2.45) is 23.7 Å². The van der Waals surface area contributed by atoms with Crippen LogP contribution in [0, 0.1) is 23.7 Å². The highest BCUT2D eigenvalue weighted by Crippen LogP contribution is 2.54. The first-order valence-electron chi connectivity index (χ1n) is 6.80. The summed E-state index contributed by atoms with van der Waals surface area (Å²) in [7, 11) is 0. The molecule has 16 heavy (non-hydrogen) atoms. The molecule has 0 radical (unpaired) electrons. The molecular weight excluding hydrogens is 200 g/mol. The maximum atomic E-state index is 11.6. The van der Waals surface area contributed by atoms with Gasteiger partial charge < -0.3 is 10.6 Å². The number of urea groups is 1. The van der Waals surface area contributed by atoms with Gasteiger partial charge >= 0.3 is 6.03 Å². The third kappa shape index (κ3) is 1.70. The first-order chi connectivity index (χ1) is 7.76. The van der Waals surface area contributed by atoms with Gasteiger partial charge in [0.1, 0.15) is 0 Å². The van der Waals surface area contributed by atoms with Crippen LogP contribution < -0.4 is 10.6 Å². The molecule has 0 aromatic heterocycles. The average molecular weight is 222 g/mol. The molecule has 3 heteroatoms. The van der Waals surface area contributed by atoms with E-state index in [2.05, 4.69) is 10.6 Å². The van der Waals surface area contributed by atoms with E-state index in [0.717, 1.165) is 30.2 Å². The lowest BCUT2D eigenvalue weighted by Gasteiger charge is -2.40. The minimum atomic E-state index is 0.0359. The van der Waals surface area contributed by atoms with E-state index in [9.17, 15) is 4.79 Å². The van der Waals surface area contributed by atoms with E-state index >= 15 is 0 Å². The zero-order valence-electron chi connectivity index (χ0n) is 10.0. The van der Waals surface area contributed by atoms with E-state index in [0.29, 0.717) is 6.04 Å². The van der Waals surface area contributed by atoms with E-state index in [1.54, 1.807) is 0 Å². The van der Waals surface area contributed by atoms with E-state index < -0.39 is 0 Å². The van der Waals surface area contributed by atoms with Crippen molar-refractivity contribution in [1.82, 2.24) is 10.6 Å². The number of fused-ring (bicyclic) bond motifs is 2. The summed E-state index contributed by atoms with van der Waals surface area (Å²) >= 11 is 0. The van der Waals surface area contributed by atoms with Crippen molar-refractivity contribution in [1.29, 1.82) is 0 Å². The van der Waals surface area contributed by atoms with Crippen LogP contribution in [0.25, 0.3) is 0 Å². The summed E-state index contributed by atoms with van der Waals surface area (Å²) in [4.78, 5) is 11.6. The monoisotopic (exact) mass is 222 g/mol. The van der Waals surface area contributed by atoms with Crippen LogP contribution in [0.5, 0.6) is 0 Å². The third-order valence-corrected chi connectivity index (χ3v) is 4.96. The molecule has 3 fully saturated rings. The van der Waals surface area contributed by atoms with Crippen LogP contribution in [0.2, 0.25) is 0 Å². The van der Waals surface area contributed by atoms with Gasteiger partial charge in [-0.3, -0.25) is 0 Å². The standard InChI is InChI=1S/C13H22N2O/c1-2-14-13(16)15-12-7-10-4-8-3-9(10)6-11(12)5-8/h8-12H,2-7H2,1H3,(H2,14,15,16)/t8-,9+,10+,11+,12-/m1/s1. The average Bonchev–Trinajstić information content (AvgIpc) is 2.44. The fraction of sp³-hybridized carbons (Fsp3) is 0.923. The van der Waals surface area contributed by atoms with Crippen LogP contribution >= 0.6 is 0 Å². The largest absolute Gasteiger partial charge is 0.338 e. The minimum Gasteiger partial charge on any atom is -0.338 e. The van der Waals surface area contributed by atoms with Gasteiger partial charge in [-0.1, -0.05) is 0 Å². The molecule has 3 saturated carbocycles. The summed E-state index contributed by atoms with van der Waals surface area (Å²) < 4.78 is 0. The molecule has 5 atom stereocenters. The molecule has 0 heterocycles. The van der Waals surface area contributed by atoms with Crippen molar-refractivity contribution in [3.05, 3.63) is 0 Å². The molecule has 90 valence electrons. The summed E-state index contributed by atoms with van der Waals surface area (Å²) in [5.41, 5.74) is 0. The Hall–Kier alpha value is -0.730. The van der Waals surface area contributed by atoms with E-state index in [1.165, 1.54) is 32.1 Å². The number of carbonyl (C=O) groups excluding carboxylic acids is 1. The second-order valence-corrected chi connectivity index (χ2v) is 5.94. The van der Waals surface area contributed by atoms with Crippen molar-refractivity contribution in [3.8, 4) is 0 Å². The predicted octanol–water partition coefficient (Wildman–Crippen LogP) is 2.13. The summed E-state index contributed by atoms with van der Waals surface area (Å²) in [6, 6.07) is 0.492. The second kappa shape index (κ2) is 3.94. The molecule has 0 aliphatic heterocycles. The van der Waals surface area contributed by atoms with Gasteiger partial charge in [0.15, 0.2) is 0 Å². The highest BCUT2D eigenvalue weighted by atomic mass is 16.2. The van der Waals surface area contributed by atoms with Gasteiger partial charge in [0.25, 0.3) is 0 Å². The quantitative estimate of drug-likeness (QED) is 0.738. The van der Waals surface area contributed by atoms with Gasteiger partial charge in [0.05, 0.1) is 0 Å². The molecule has 2 N–H and O–H groups in total. The number of hydrogen-bond acceptors (Lipinski definition) is 1. The van der Waals surface area contributed by atoms with Crippen LogP contribution in [0.3, 0.4) is 0 Å². The highest BCUT2D eigenvalue weighted by molar-refractivity contribution is 5.74. The first kappa shape index (κ1) is 10.4. The van der Waals surface area contributed by atoms with Gasteiger partial charge in [-0.25, -0.2) is 4.79 Å². The van der Waals surface area contributed by atoms with E-state index in [-0.39, 0.29) is 6.03 Å². The molecule has 0 saturated heterocycles. The topological polar surface area (TPSA) is 41.1 Å². The Bertz CT molecular complexity index is 290. The Morgan fingerprint density at radius 1 is 1.06 bits per heavy atom. The SMILES string of the molecule is CCNC(=O)N[C@@H]1C[C@@H]2C[C@H]3C[C@H]2C[C@@H]1C3. The fourth-order valence-electron chi connectivity index (χ4n) is 4.42. The van der Waals surface area contributed by atoms with E-state index in [4.69, 9.17) is 0 Å². The summed E-state index contributed by atoms with van der Waals surface area (Å²) in [6.45, 7) is 2.69. The molecule has 2 amide bonds. The zero-order chi connectivity index (χ0) is 11.1. The lowest BCUT2D eigenvalue weighted by atomic mass is 9.69. The second-order valence-electron chi connectivity index (χ2n) is 5.94. The Balaban J connectivity index is 1.63. The maximum Gasteiger partial charge on any atom is 0.315 e. The lowest BCUT2D eigenvalue weighted by molar-refractivity contribution is 0.134. The normalized spacial score (nSPS) is 44.4. The number of hydrogen-bond donors (Lipinski definition) is 2. The summed E-state index contributed by atoms with van der Waals surface area (Å²) in [6.07, 6.45) is 6.90. The number of amides is 2. The first-order valence-corrected chi connectivity index (χ1v) is 6.80. The molecule has 0 aromatic carbocycles. The Morgan fingerprint density at radius 2 is 1.75 bits per heavy atom. The third-order valence-electron chi connectivity index (χ3n) is 4.96. The minimum absolute atomic E-state index is 0.0359. The van der Waals surface area contributed by atoms with Gasteiger partial charge in [-0.15, -0.1) is 0 Å². The van der Waals surface area contributed by atoms with E-state index in [1.807, 2.05) is 6.92 Å². The molecule has 3 bridgehead atoms. The van der Waals surface area contributed by atoms with Crippen molar-refractivity contribution in [2.45, 2.75) is 45.1 Å². The van der Waals surface area contributed by atoms with Crippen molar-refractivity contribution < 1.29 is 4.79 Å². The number of nitrogens with one attached hydrogen (secondary N) is 2. The number of carbonyl (C=O) groups is 1. The summed E-state index contributed by atoms with van der Waals surface area (Å²) in [5.74, 6) is 3.66. The molecule has 3 rings (SSSR count). The Kier molecular flexibility index (Phi) is 2.56. The van der Waals surface area contributed by atoms with Gasteiger partial charge in [0, 0.05) is 12.6 Å². The molecule has 3 nitrogen and oxygen atoms in total. The lowest BCUT2D eigenvalue weighted by Crippen LogP contribution is -2.49. The molecule has 0 spiro atoms. The molecular formula is C13H22N2O. The predicted molar refractivity (Wildman–Crippen MR) is 63.0 cm³/mol. The van der Waals surface area contributed by atoms with Crippen LogP contribution in [0.15, 0.2) is 0 Å².